The third-order valence-electron chi connectivity index (χ3n) is 8.81. The van der Waals surface area contributed by atoms with Gasteiger partial charge in [-0.15, -0.1) is 6.58 Å². The van der Waals surface area contributed by atoms with E-state index in [1.54, 1.807) is 6.92 Å². The van der Waals surface area contributed by atoms with Crippen molar-refractivity contribution in [3.63, 3.8) is 0 Å². The van der Waals surface area contributed by atoms with Gasteiger partial charge in [0.1, 0.15) is 0 Å². The van der Waals surface area contributed by atoms with Gasteiger partial charge in [0.2, 0.25) is 15.9 Å². The fourth-order valence-electron chi connectivity index (χ4n) is 6.50. The van der Waals surface area contributed by atoms with Gasteiger partial charge in [0.25, 0.3) is 0 Å². The van der Waals surface area contributed by atoms with Gasteiger partial charge < -0.3 is 4.90 Å². The minimum absolute atomic E-state index is 0.0273. The molecule has 1 saturated carbocycles. The fraction of sp³-hybridized carbons (Fsp3) is 0.382. The second kappa shape index (κ2) is 12.4. The molecule has 3 aromatic rings. The summed E-state index contributed by atoms with van der Waals surface area (Å²) >= 11 is 12.8. The van der Waals surface area contributed by atoms with E-state index < -0.39 is 15.4 Å². The van der Waals surface area contributed by atoms with Gasteiger partial charge >= 0.3 is 0 Å². The molecular weight excluding hydrogens is 587 g/mol. The van der Waals surface area contributed by atoms with E-state index in [0.717, 1.165) is 24.0 Å². The molecule has 1 amide bonds. The normalized spacial score (nSPS) is 23.4. The van der Waals surface area contributed by atoms with Crippen LogP contribution >= 0.6 is 23.2 Å². The molecule has 2 aliphatic rings. The number of hydrogen-bond acceptors (Lipinski definition) is 3. The van der Waals surface area contributed by atoms with E-state index in [9.17, 15) is 13.2 Å². The molecule has 4 atom stereocenters. The number of halogens is 2. The van der Waals surface area contributed by atoms with Gasteiger partial charge in [-0.05, 0) is 86.1 Å². The maximum atomic E-state index is 14.8. The van der Waals surface area contributed by atoms with Crippen molar-refractivity contribution >= 4 is 44.8 Å². The highest BCUT2D eigenvalue weighted by atomic mass is 35.5. The maximum Gasteiger partial charge on any atom is 0.234 e. The van der Waals surface area contributed by atoms with E-state index in [1.165, 1.54) is 4.31 Å². The summed E-state index contributed by atoms with van der Waals surface area (Å²) in [6.45, 7) is 7.85. The first-order chi connectivity index (χ1) is 20.1. The maximum absolute atomic E-state index is 14.8. The Morgan fingerprint density at radius 3 is 2.29 bits per heavy atom. The van der Waals surface area contributed by atoms with E-state index in [-0.39, 0.29) is 42.1 Å². The van der Waals surface area contributed by atoms with Crippen LogP contribution < -0.4 is 4.31 Å². The molecule has 5 rings (SSSR count). The van der Waals surface area contributed by atoms with Gasteiger partial charge in [-0.25, -0.2) is 8.42 Å². The lowest BCUT2D eigenvalue weighted by Gasteiger charge is -2.53. The van der Waals surface area contributed by atoms with E-state index in [0.29, 0.717) is 28.6 Å². The summed E-state index contributed by atoms with van der Waals surface area (Å²) in [5.41, 5.74) is 1.91. The molecule has 0 radical (unpaired) electrons. The summed E-state index contributed by atoms with van der Waals surface area (Å²) in [4.78, 5) is 16.8. The number of carbonyl (C=O) groups excluding carboxylic acids is 1. The lowest BCUT2D eigenvalue weighted by atomic mass is 9.67. The molecule has 1 heterocycles. The minimum atomic E-state index is -3.62. The zero-order chi connectivity index (χ0) is 30.1. The smallest absolute Gasteiger partial charge is 0.234 e. The lowest BCUT2D eigenvalue weighted by Crippen LogP contribution is -2.59. The van der Waals surface area contributed by atoms with Crippen LogP contribution in [0.4, 0.5) is 5.69 Å². The van der Waals surface area contributed by atoms with Crippen molar-refractivity contribution in [2.75, 3.05) is 16.6 Å². The topological polar surface area (TPSA) is 57.7 Å². The molecule has 222 valence electrons. The minimum Gasteiger partial charge on any atom is -0.329 e. The number of sulfonamides is 1. The molecule has 1 saturated heterocycles. The molecule has 0 N–H and O–H groups in total. The number of nitrogens with zero attached hydrogens (tertiary/aromatic N) is 2. The first kappa shape index (κ1) is 30.7. The SMILES string of the molecule is C=CC[C@@]1(C)C[C@H](c2cccc(Cl)c2)[C@@H](c2ccc(Cl)cc2)N([C@H](CN(c2ccccc2)S(=O)(=O)CC)C2CC2)C1=O. The van der Waals surface area contributed by atoms with Crippen molar-refractivity contribution in [1.29, 1.82) is 0 Å². The molecule has 42 heavy (non-hydrogen) atoms. The van der Waals surface area contributed by atoms with Crippen molar-refractivity contribution in [2.45, 2.75) is 57.5 Å². The van der Waals surface area contributed by atoms with Gasteiger partial charge in [-0.2, -0.15) is 0 Å². The zero-order valence-electron chi connectivity index (χ0n) is 24.1. The van der Waals surface area contributed by atoms with Crippen LogP contribution in [0.5, 0.6) is 0 Å². The summed E-state index contributed by atoms with van der Waals surface area (Å²) in [6, 6.07) is 24.1. The first-order valence-electron chi connectivity index (χ1n) is 14.6. The number of likely N-dealkylation sites (tertiary alicyclic amines) is 1. The predicted octanol–water partition coefficient (Wildman–Crippen LogP) is 8.27. The molecule has 8 heteroatoms. The van der Waals surface area contributed by atoms with Crippen LogP contribution in [0.1, 0.15) is 62.6 Å². The number of para-hydroxylation sites is 1. The zero-order valence-corrected chi connectivity index (χ0v) is 26.5. The molecule has 2 fully saturated rings. The Morgan fingerprint density at radius 1 is 1.00 bits per heavy atom. The number of benzene rings is 3. The van der Waals surface area contributed by atoms with Crippen molar-refractivity contribution < 1.29 is 13.2 Å². The fourth-order valence-corrected chi connectivity index (χ4v) is 7.96. The van der Waals surface area contributed by atoms with Crippen LogP contribution in [0.15, 0.2) is 91.5 Å². The highest BCUT2D eigenvalue weighted by molar-refractivity contribution is 7.92. The van der Waals surface area contributed by atoms with Crippen molar-refractivity contribution in [2.24, 2.45) is 11.3 Å². The monoisotopic (exact) mass is 624 g/mol. The van der Waals surface area contributed by atoms with Crippen molar-refractivity contribution in [3.8, 4) is 0 Å². The summed E-state index contributed by atoms with van der Waals surface area (Å²) < 4.78 is 28.6. The van der Waals surface area contributed by atoms with Gasteiger partial charge in [-0.1, -0.05) is 78.7 Å². The lowest BCUT2D eigenvalue weighted by molar-refractivity contribution is -0.154. The first-order valence-corrected chi connectivity index (χ1v) is 16.9. The molecule has 0 unspecified atom stereocenters. The summed E-state index contributed by atoms with van der Waals surface area (Å²) in [5, 5.41) is 1.26. The Bertz CT molecular complexity index is 1530. The van der Waals surface area contributed by atoms with Crippen LogP contribution in [0.2, 0.25) is 10.0 Å². The average Bonchev–Trinajstić information content (AvgIpc) is 3.82. The summed E-state index contributed by atoms with van der Waals surface area (Å²) in [7, 11) is -3.62. The van der Waals surface area contributed by atoms with Crippen LogP contribution in [0, 0.1) is 11.3 Å². The van der Waals surface area contributed by atoms with Crippen LogP contribution in [-0.2, 0) is 14.8 Å². The number of rotatable bonds is 11. The van der Waals surface area contributed by atoms with E-state index in [4.69, 9.17) is 23.2 Å². The Kier molecular flexibility index (Phi) is 9.08. The molecule has 3 aromatic carbocycles. The number of carbonyl (C=O) groups is 1. The number of anilines is 1. The number of hydrogen-bond donors (Lipinski definition) is 0. The number of amides is 1. The van der Waals surface area contributed by atoms with Gasteiger partial charge in [-0.3, -0.25) is 9.10 Å². The van der Waals surface area contributed by atoms with Crippen LogP contribution in [-0.4, -0.2) is 37.6 Å². The average molecular weight is 626 g/mol. The summed E-state index contributed by atoms with van der Waals surface area (Å²) in [5.74, 6) is 0.0990. The predicted molar refractivity (Wildman–Crippen MR) is 173 cm³/mol. The summed E-state index contributed by atoms with van der Waals surface area (Å²) in [6.07, 6.45) is 4.82. The van der Waals surface area contributed by atoms with Crippen molar-refractivity contribution in [1.82, 2.24) is 4.90 Å². The van der Waals surface area contributed by atoms with Gasteiger partial charge in [0.15, 0.2) is 0 Å². The Morgan fingerprint density at radius 2 is 1.69 bits per heavy atom. The third-order valence-corrected chi connectivity index (χ3v) is 11.1. The molecule has 0 aromatic heterocycles. The number of piperidine rings is 1. The molecule has 0 spiro atoms. The Labute approximate surface area is 260 Å². The van der Waals surface area contributed by atoms with E-state index in [2.05, 4.69) is 12.6 Å². The second-order valence-corrected chi connectivity index (χ2v) is 14.9. The molecule has 0 bridgehead atoms. The number of allylic oxidation sites excluding steroid dienone is 1. The standard InChI is InChI=1S/C34H38Cl2N2O3S/c1-4-20-34(3)22-30(26-10-9-11-28(36)21-26)32(25-16-18-27(35)19-17-25)38(33(34)39)31(24-14-15-24)23-37(42(40,41)5-2)29-12-7-6-8-13-29/h4,6-13,16-19,21,24,30-32H,1,5,14-15,20,22-23H2,2-3H3/t30-,31-,32-,34+/m1/s1. The molecule has 1 aliphatic heterocycles. The highest BCUT2D eigenvalue weighted by Gasteiger charge is 2.54. The third kappa shape index (κ3) is 6.27. The van der Waals surface area contributed by atoms with Crippen LogP contribution in [0.3, 0.4) is 0 Å². The quantitative estimate of drug-likeness (QED) is 0.202. The van der Waals surface area contributed by atoms with Gasteiger partial charge in [0, 0.05) is 16.0 Å². The van der Waals surface area contributed by atoms with Gasteiger partial charge in [0.05, 0.1) is 35.5 Å². The van der Waals surface area contributed by atoms with Crippen LogP contribution in [0.25, 0.3) is 0 Å². The molecule has 5 nitrogen and oxygen atoms in total. The van der Waals surface area contributed by atoms with E-state index in [1.807, 2.05) is 90.7 Å². The molecular formula is C34H38Cl2N2O3S. The van der Waals surface area contributed by atoms with Crippen molar-refractivity contribution in [3.05, 3.63) is 113 Å². The largest absolute Gasteiger partial charge is 0.329 e. The Hall–Kier alpha value is -2.80. The molecule has 1 aliphatic carbocycles. The Balaban J connectivity index is 1.70. The second-order valence-electron chi connectivity index (χ2n) is 11.8. The van der Waals surface area contributed by atoms with E-state index >= 15 is 0 Å². The highest BCUT2D eigenvalue weighted by Crippen LogP contribution is 2.54.